The number of H-pyrrole nitrogens is 1. The van der Waals surface area contributed by atoms with E-state index in [1.54, 1.807) is 31.4 Å². The maximum absolute atomic E-state index is 12.4. The molecule has 0 atom stereocenters. The van der Waals surface area contributed by atoms with Crippen molar-refractivity contribution in [1.82, 2.24) is 15.6 Å². The van der Waals surface area contributed by atoms with Gasteiger partial charge < -0.3 is 4.74 Å². The number of amides is 1. The van der Waals surface area contributed by atoms with Crippen LogP contribution in [0.2, 0.25) is 0 Å². The van der Waals surface area contributed by atoms with Gasteiger partial charge >= 0.3 is 0 Å². The number of hydrogen-bond acceptors (Lipinski definition) is 5. The molecule has 3 aromatic rings. The molecule has 0 aliphatic heterocycles. The van der Waals surface area contributed by atoms with Gasteiger partial charge in [0.15, 0.2) is 5.69 Å². The summed E-state index contributed by atoms with van der Waals surface area (Å²) in [6.45, 7) is 1.81. The molecule has 0 spiro atoms. The third-order valence-corrected chi connectivity index (χ3v) is 3.90. The van der Waals surface area contributed by atoms with Crippen molar-refractivity contribution in [2.75, 3.05) is 7.11 Å². The highest BCUT2D eigenvalue weighted by Crippen LogP contribution is 2.18. The molecule has 1 amide bonds. The van der Waals surface area contributed by atoms with Gasteiger partial charge in [0, 0.05) is 17.5 Å². The Morgan fingerprint density at radius 2 is 1.85 bits per heavy atom. The molecule has 1 aromatic heterocycles. The zero-order valence-corrected chi connectivity index (χ0v) is 14.4. The van der Waals surface area contributed by atoms with Gasteiger partial charge in [-0.05, 0) is 24.6 Å². The van der Waals surface area contributed by atoms with Gasteiger partial charge in [-0.15, -0.1) is 0 Å². The molecule has 132 valence electrons. The van der Waals surface area contributed by atoms with Crippen molar-refractivity contribution in [2.45, 2.75) is 13.3 Å². The van der Waals surface area contributed by atoms with E-state index in [9.17, 15) is 9.59 Å². The average Bonchev–Trinajstić information content (AvgIpc) is 2.67. The minimum absolute atomic E-state index is 0.119. The second-order valence-electron chi connectivity index (χ2n) is 5.72. The third-order valence-electron chi connectivity index (χ3n) is 3.90. The highest BCUT2D eigenvalue weighted by Gasteiger charge is 2.13. The van der Waals surface area contributed by atoms with E-state index < -0.39 is 5.91 Å². The van der Waals surface area contributed by atoms with E-state index >= 15 is 0 Å². The van der Waals surface area contributed by atoms with E-state index in [1.165, 1.54) is 0 Å². The average molecular weight is 350 g/mol. The van der Waals surface area contributed by atoms with Crippen LogP contribution in [0.3, 0.4) is 0 Å². The Morgan fingerprint density at radius 1 is 1.15 bits per heavy atom. The quantitative estimate of drug-likeness (QED) is 0.545. The molecule has 0 bridgehead atoms. The van der Waals surface area contributed by atoms with Crippen LogP contribution in [0.25, 0.3) is 10.8 Å². The number of hydrogen-bond donors (Lipinski definition) is 2. The topological polar surface area (TPSA) is 96.4 Å². The lowest BCUT2D eigenvalue weighted by Gasteiger charge is -2.08. The zero-order chi connectivity index (χ0) is 18.5. The lowest BCUT2D eigenvalue weighted by molar-refractivity contribution is 0.0950. The largest absolute Gasteiger partial charge is 0.496 e. The molecular formula is C19H18N4O3. The number of benzene rings is 2. The monoisotopic (exact) mass is 350 g/mol. The molecule has 0 unspecified atom stereocenters. The summed E-state index contributed by atoms with van der Waals surface area (Å²) in [7, 11) is 1.61. The molecule has 2 N–H and O–H groups in total. The normalized spacial score (nSPS) is 11.4. The Balaban J connectivity index is 1.79. The molecular weight excluding hydrogens is 332 g/mol. The fourth-order valence-corrected chi connectivity index (χ4v) is 2.65. The lowest BCUT2D eigenvalue weighted by Crippen LogP contribution is -2.23. The fraction of sp³-hybridized carbons (Fsp3) is 0.158. The number of para-hydroxylation sites is 1. The highest BCUT2D eigenvalue weighted by atomic mass is 16.5. The standard InChI is InChI=1S/C19H18N4O3/c1-12(11-13-7-3-6-10-16(13)26-2)20-23-19(25)17-14-8-4-5-9-15(14)18(24)22-21-17/h3-10H,11H2,1-2H3,(H,22,24)(H,23,25)/b20-12-. The first-order valence-electron chi connectivity index (χ1n) is 8.03. The second kappa shape index (κ2) is 7.60. The summed E-state index contributed by atoms with van der Waals surface area (Å²) in [5.74, 6) is 0.276. The summed E-state index contributed by atoms with van der Waals surface area (Å²) in [6, 6.07) is 14.4. The lowest BCUT2D eigenvalue weighted by atomic mass is 10.1. The summed E-state index contributed by atoms with van der Waals surface area (Å²) in [6.07, 6.45) is 0.532. The number of hydrazone groups is 1. The van der Waals surface area contributed by atoms with Crippen LogP contribution in [0.4, 0.5) is 0 Å². The highest BCUT2D eigenvalue weighted by molar-refractivity contribution is 6.05. The number of rotatable bonds is 5. The van der Waals surface area contributed by atoms with Gasteiger partial charge in [0.05, 0.1) is 12.5 Å². The van der Waals surface area contributed by atoms with Crippen LogP contribution < -0.4 is 15.7 Å². The van der Waals surface area contributed by atoms with E-state index in [0.717, 1.165) is 11.3 Å². The first-order valence-corrected chi connectivity index (χ1v) is 8.03. The molecule has 2 aromatic carbocycles. The molecule has 0 saturated heterocycles. The van der Waals surface area contributed by atoms with Crippen LogP contribution in [-0.4, -0.2) is 28.9 Å². The van der Waals surface area contributed by atoms with Crippen molar-refractivity contribution in [1.29, 1.82) is 0 Å². The number of methoxy groups -OCH3 is 1. The number of carbonyl (C=O) groups is 1. The van der Waals surface area contributed by atoms with Crippen LogP contribution in [-0.2, 0) is 6.42 Å². The van der Waals surface area contributed by atoms with E-state index in [2.05, 4.69) is 20.7 Å². The molecule has 0 saturated carbocycles. The van der Waals surface area contributed by atoms with Gasteiger partial charge in [0.25, 0.3) is 11.5 Å². The number of aromatic nitrogens is 2. The minimum atomic E-state index is -0.489. The fourth-order valence-electron chi connectivity index (χ4n) is 2.65. The number of nitrogens with one attached hydrogen (secondary N) is 2. The summed E-state index contributed by atoms with van der Waals surface area (Å²) in [4.78, 5) is 24.2. The van der Waals surface area contributed by atoms with E-state index in [4.69, 9.17) is 4.74 Å². The van der Waals surface area contributed by atoms with Gasteiger partial charge in [0.2, 0.25) is 0 Å². The first-order chi connectivity index (χ1) is 12.6. The van der Waals surface area contributed by atoms with Crippen molar-refractivity contribution in [3.8, 4) is 5.75 Å². The number of fused-ring (bicyclic) bond motifs is 1. The molecule has 0 fully saturated rings. The maximum Gasteiger partial charge on any atom is 0.292 e. The smallest absolute Gasteiger partial charge is 0.292 e. The Morgan fingerprint density at radius 3 is 2.62 bits per heavy atom. The van der Waals surface area contributed by atoms with E-state index in [1.807, 2.05) is 31.2 Å². The Kier molecular flexibility index (Phi) is 5.07. The van der Waals surface area contributed by atoms with Crippen LogP contribution in [0.5, 0.6) is 5.75 Å². The molecule has 0 aliphatic rings. The zero-order valence-electron chi connectivity index (χ0n) is 14.4. The van der Waals surface area contributed by atoms with E-state index in [-0.39, 0.29) is 11.3 Å². The van der Waals surface area contributed by atoms with Crippen molar-refractivity contribution in [2.24, 2.45) is 5.10 Å². The third kappa shape index (κ3) is 3.61. The minimum Gasteiger partial charge on any atom is -0.496 e. The van der Waals surface area contributed by atoms with Gasteiger partial charge in [-0.2, -0.15) is 10.2 Å². The molecule has 7 heteroatoms. The van der Waals surface area contributed by atoms with Gasteiger partial charge in [-0.3, -0.25) is 9.59 Å². The molecule has 7 nitrogen and oxygen atoms in total. The van der Waals surface area contributed by atoms with Gasteiger partial charge in [-0.1, -0.05) is 36.4 Å². The summed E-state index contributed by atoms with van der Waals surface area (Å²) in [5.41, 5.74) is 3.95. The first kappa shape index (κ1) is 17.3. The van der Waals surface area contributed by atoms with Crippen molar-refractivity contribution < 1.29 is 9.53 Å². The molecule has 3 rings (SSSR count). The van der Waals surface area contributed by atoms with Crippen LogP contribution in [0, 0.1) is 0 Å². The SMILES string of the molecule is COc1ccccc1C/C(C)=N\NC(=O)c1n[nH]c(=O)c2ccccc12. The Hall–Kier alpha value is -3.48. The Labute approximate surface area is 149 Å². The van der Waals surface area contributed by atoms with Crippen molar-refractivity contribution in [3.05, 3.63) is 70.1 Å². The van der Waals surface area contributed by atoms with E-state index in [0.29, 0.717) is 22.9 Å². The number of ether oxygens (including phenoxy) is 1. The van der Waals surface area contributed by atoms with Crippen LogP contribution in [0.1, 0.15) is 23.0 Å². The summed E-state index contributed by atoms with van der Waals surface area (Å²) >= 11 is 0. The number of carbonyl (C=O) groups excluding carboxylic acids is 1. The molecule has 0 radical (unpaired) electrons. The predicted molar refractivity (Wildman–Crippen MR) is 99.6 cm³/mol. The predicted octanol–water partition coefficient (Wildman–Crippen LogP) is 2.28. The Bertz CT molecular complexity index is 1040. The number of nitrogens with zero attached hydrogens (tertiary/aromatic N) is 2. The number of aromatic amines is 1. The molecule has 26 heavy (non-hydrogen) atoms. The van der Waals surface area contributed by atoms with Gasteiger partial charge in [0.1, 0.15) is 5.75 Å². The molecule has 1 heterocycles. The maximum atomic E-state index is 12.4. The van der Waals surface area contributed by atoms with Crippen LogP contribution >= 0.6 is 0 Å². The summed E-state index contributed by atoms with van der Waals surface area (Å²) < 4.78 is 5.31. The van der Waals surface area contributed by atoms with Gasteiger partial charge in [-0.25, -0.2) is 10.5 Å². The van der Waals surface area contributed by atoms with Crippen molar-refractivity contribution in [3.63, 3.8) is 0 Å². The second-order valence-corrected chi connectivity index (χ2v) is 5.72. The van der Waals surface area contributed by atoms with Crippen molar-refractivity contribution >= 4 is 22.4 Å². The van der Waals surface area contributed by atoms with Crippen LogP contribution in [0.15, 0.2) is 58.4 Å². The summed E-state index contributed by atoms with van der Waals surface area (Å²) in [5, 5.41) is 11.2. The molecule has 0 aliphatic carbocycles.